The Balaban J connectivity index is 0.00000220. The van der Waals surface area contributed by atoms with Gasteiger partial charge in [-0.25, -0.2) is 4.39 Å². The van der Waals surface area contributed by atoms with Crippen molar-refractivity contribution in [1.29, 1.82) is 0 Å². The highest BCUT2D eigenvalue weighted by Gasteiger charge is 2.32. The quantitative estimate of drug-likeness (QED) is 0.892. The molecule has 1 fully saturated rings. The fraction of sp³-hybridized carbons (Fsp3) is 0.533. The van der Waals surface area contributed by atoms with Crippen LogP contribution in [0.3, 0.4) is 0 Å². The number of amides is 1. The molecule has 0 spiro atoms. The summed E-state index contributed by atoms with van der Waals surface area (Å²) in [6, 6.07) is 6.10. The Bertz CT molecular complexity index is 486. The van der Waals surface area contributed by atoms with Gasteiger partial charge in [0.05, 0.1) is 6.10 Å². The summed E-state index contributed by atoms with van der Waals surface area (Å²) in [6.07, 6.45) is 1.15. The van der Waals surface area contributed by atoms with Crippen molar-refractivity contribution in [3.05, 3.63) is 35.6 Å². The average molecular weight is 317 g/mol. The van der Waals surface area contributed by atoms with E-state index in [1.807, 2.05) is 0 Å². The predicted molar refractivity (Wildman–Crippen MR) is 81.4 cm³/mol. The van der Waals surface area contributed by atoms with Crippen molar-refractivity contribution in [1.82, 2.24) is 4.90 Å². The first-order valence-corrected chi connectivity index (χ1v) is 6.91. The maximum Gasteiger partial charge on any atom is 0.225 e. The molecule has 4 nitrogen and oxygen atoms in total. The van der Waals surface area contributed by atoms with Crippen molar-refractivity contribution in [3.8, 4) is 0 Å². The van der Waals surface area contributed by atoms with Crippen LogP contribution in [0.1, 0.15) is 24.8 Å². The van der Waals surface area contributed by atoms with Crippen molar-refractivity contribution in [3.63, 3.8) is 0 Å². The van der Waals surface area contributed by atoms with Crippen LogP contribution in [0.4, 0.5) is 4.39 Å². The third kappa shape index (κ3) is 4.40. The van der Waals surface area contributed by atoms with Crippen LogP contribution in [0.25, 0.3) is 0 Å². The lowest BCUT2D eigenvalue weighted by Crippen LogP contribution is -2.45. The summed E-state index contributed by atoms with van der Waals surface area (Å²) < 4.78 is 13.6. The van der Waals surface area contributed by atoms with Crippen LogP contribution < -0.4 is 5.73 Å². The lowest BCUT2D eigenvalue weighted by molar-refractivity contribution is -0.136. The molecule has 0 bridgehead atoms. The van der Waals surface area contributed by atoms with Gasteiger partial charge in [0, 0.05) is 31.1 Å². The van der Waals surface area contributed by atoms with E-state index in [1.165, 1.54) is 11.0 Å². The number of carbonyl (C=O) groups excluding carboxylic acids is 1. The number of aliphatic hydroxyl groups is 1. The molecule has 1 amide bonds. The molecule has 0 radical (unpaired) electrons. The van der Waals surface area contributed by atoms with Gasteiger partial charge in [0.1, 0.15) is 5.82 Å². The average Bonchev–Trinajstić information content (AvgIpc) is 2.43. The summed E-state index contributed by atoms with van der Waals surface area (Å²) in [6.45, 7) is 0.250. The number of hydrogen-bond acceptors (Lipinski definition) is 3. The van der Waals surface area contributed by atoms with Crippen molar-refractivity contribution in [2.75, 3.05) is 7.05 Å². The Labute approximate surface area is 130 Å². The molecular weight excluding hydrogens is 295 g/mol. The van der Waals surface area contributed by atoms with Crippen molar-refractivity contribution >= 4 is 18.3 Å². The molecule has 0 aromatic heterocycles. The van der Waals surface area contributed by atoms with E-state index in [2.05, 4.69) is 0 Å². The van der Waals surface area contributed by atoms with E-state index in [0.29, 0.717) is 24.8 Å². The normalized spacial score (nSPS) is 25.0. The zero-order valence-corrected chi connectivity index (χ0v) is 12.9. The molecule has 1 saturated carbocycles. The van der Waals surface area contributed by atoms with Crippen molar-refractivity contribution in [2.45, 2.75) is 38.0 Å². The van der Waals surface area contributed by atoms with Gasteiger partial charge in [-0.2, -0.15) is 0 Å². The van der Waals surface area contributed by atoms with Gasteiger partial charge in [0.25, 0.3) is 0 Å². The van der Waals surface area contributed by atoms with Gasteiger partial charge in [-0.15, -0.1) is 12.4 Å². The summed E-state index contributed by atoms with van der Waals surface area (Å²) in [5, 5.41) is 9.59. The molecule has 3 N–H and O–H groups in total. The zero-order chi connectivity index (χ0) is 14.7. The number of benzene rings is 1. The van der Waals surface area contributed by atoms with E-state index in [-0.39, 0.29) is 42.6 Å². The van der Waals surface area contributed by atoms with E-state index in [1.54, 1.807) is 25.2 Å². The van der Waals surface area contributed by atoms with Crippen molar-refractivity contribution < 1.29 is 14.3 Å². The molecule has 1 aliphatic rings. The maximum atomic E-state index is 13.6. The Hall–Kier alpha value is -1.17. The van der Waals surface area contributed by atoms with Crippen LogP contribution in [-0.4, -0.2) is 35.1 Å². The Morgan fingerprint density at radius 3 is 2.71 bits per heavy atom. The maximum absolute atomic E-state index is 13.6. The Morgan fingerprint density at radius 2 is 2.10 bits per heavy atom. The van der Waals surface area contributed by atoms with Gasteiger partial charge in [0.2, 0.25) is 5.91 Å². The van der Waals surface area contributed by atoms with E-state index < -0.39 is 6.10 Å². The van der Waals surface area contributed by atoms with Gasteiger partial charge in [-0.05, 0) is 25.3 Å². The van der Waals surface area contributed by atoms with Gasteiger partial charge in [0.15, 0.2) is 0 Å². The number of carbonyl (C=O) groups is 1. The minimum atomic E-state index is -0.518. The second-order valence-electron chi connectivity index (χ2n) is 5.53. The summed E-state index contributed by atoms with van der Waals surface area (Å²) in [5.74, 6) is -0.510. The third-order valence-corrected chi connectivity index (χ3v) is 3.95. The molecule has 1 aromatic rings. The van der Waals surface area contributed by atoms with Crippen LogP contribution in [0, 0.1) is 11.7 Å². The second-order valence-corrected chi connectivity index (χ2v) is 5.53. The topological polar surface area (TPSA) is 66.6 Å². The van der Waals surface area contributed by atoms with Gasteiger partial charge in [-0.1, -0.05) is 18.2 Å². The molecule has 3 atom stereocenters. The summed E-state index contributed by atoms with van der Waals surface area (Å²) in [5.41, 5.74) is 6.31. The predicted octanol–water partition coefficient (Wildman–Crippen LogP) is 1.69. The molecule has 0 aliphatic heterocycles. The van der Waals surface area contributed by atoms with Gasteiger partial charge < -0.3 is 15.7 Å². The summed E-state index contributed by atoms with van der Waals surface area (Å²) >= 11 is 0. The summed E-state index contributed by atoms with van der Waals surface area (Å²) in [4.78, 5) is 13.9. The lowest BCUT2D eigenvalue weighted by atomic mass is 9.83. The molecule has 1 aliphatic carbocycles. The number of rotatable bonds is 3. The van der Waals surface area contributed by atoms with Crippen molar-refractivity contribution in [2.24, 2.45) is 11.7 Å². The molecule has 118 valence electrons. The number of nitrogens with zero attached hydrogens (tertiary/aromatic N) is 1. The lowest BCUT2D eigenvalue weighted by Gasteiger charge is -2.32. The molecule has 6 heteroatoms. The summed E-state index contributed by atoms with van der Waals surface area (Å²) in [7, 11) is 1.67. The minimum absolute atomic E-state index is 0. The number of hydrogen-bond donors (Lipinski definition) is 2. The van der Waals surface area contributed by atoms with Crippen LogP contribution in [0.5, 0.6) is 0 Å². The Kier molecular flexibility index (Phi) is 6.58. The first-order chi connectivity index (χ1) is 9.49. The second kappa shape index (κ2) is 7.73. The molecule has 0 heterocycles. The van der Waals surface area contributed by atoms with Gasteiger partial charge >= 0.3 is 0 Å². The zero-order valence-electron chi connectivity index (χ0n) is 12.0. The fourth-order valence-corrected chi connectivity index (χ4v) is 2.69. The fourth-order valence-electron chi connectivity index (χ4n) is 2.69. The molecule has 0 saturated heterocycles. The van der Waals surface area contributed by atoms with E-state index >= 15 is 0 Å². The Morgan fingerprint density at radius 1 is 1.43 bits per heavy atom. The third-order valence-electron chi connectivity index (χ3n) is 3.95. The van der Waals surface area contributed by atoms with E-state index in [9.17, 15) is 14.3 Å². The standard InChI is InChI=1S/C15H21FN2O2.ClH/c1-18(9-11-4-2-3-5-12(11)16)15(20)10-6-7-14(19)13(17)8-10;/h2-5,10,13-14,19H,6-9,17H2,1H3;1H/t10-,13+,14+;/m0./s1. The highest BCUT2D eigenvalue weighted by molar-refractivity contribution is 5.85. The van der Waals surface area contributed by atoms with Crippen LogP contribution in [0.15, 0.2) is 24.3 Å². The van der Waals surface area contributed by atoms with Crippen LogP contribution in [-0.2, 0) is 11.3 Å². The first kappa shape index (κ1) is 17.9. The number of aliphatic hydroxyl groups excluding tert-OH is 1. The minimum Gasteiger partial charge on any atom is -0.392 e. The molecule has 0 unspecified atom stereocenters. The SMILES string of the molecule is CN(Cc1ccccc1F)C(=O)[C@H]1CC[C@@H](O)[C@H](N)C1.Cl. The molecule has 1 aromatic carbocycles. The van der Waals surface area contributed by atoms with Crippen LogP contribution >= 0.6 is 12.4 Å². The monoisotopic (exact) mass is 316 g/mol. The molecule has 2 rings (SSSR count). The smallest absolute Gasteiger partial charge is 0.225 e. The van der Waals surface area contributed by atoms with E-state index in [4.69, 9.17) is 5.73 Å². The van der Waals surface area contributed by atoms with Gasteiger partial charge in [-0.3, -0.25) is 4.79 Å². The molecular formula is C15H22ClFN2O2. The first-order valence-electron chi connectivity index (χ1n) is 6.91. The molecule has 21 heavy (non-hydrogen) atoms. The van der Waals surface area contributed by atoms with Crippen LogP contribution in [0.2, 0.25) is 0 Å². The highest BCUT2D eigenvalue weighted by Crippen LogP contribution is 2.25. The largest absolute Gasteiger partial charge is 0.392 e. The number of halogens is 2. The number of nitrogens with two attached hydrogens (primary N) is 1. The van der Waals surface area contributed by atoms with E-state index in [0.717, 1.165) is 0 Å². The highest BCUT2D eigenvalue weighted by atomic mass is 35.5.